The first-order valence-corrected chi connectivity index (χ1v) is 7.07. The molecule has 1 heterocycles. The monoisotopic (exact) mass is 282 g/mol. The summed E-state index contributed by atoms with van der Waals surface area (Å²) in [6.07, 6.45) is 2.98. The van der Waals surface area contributed by atoms with Crippen LogP contribution in [0.1, 0.15) is 32.6 Å². The van der Waals surface area contributed by atoms with Gasteiger partial charge in [0, 0.05) is 13.1 Å². The zero-order chi connectivity index (χ0) is 14.7. The molecule has 7 nitrogen and oxygen atoms in total. The first kappa shape index (κ1) is 14.6. The number of H-pyrrole nitrogens is 1. The van der Waals surface area contributed by atoms with Crippen molar-refractivity contribution in [3.8, 4) is 0 Å². The summed E-state index contributed by atoms with van der Waals surface area (Å²) in [4.78, 5) is 25.8. The average Bonchev–Trinajstić information content (AvgIpc) is 2.80. The zero-order valence-electron chi connectivity index (χ0n) is 11.7. The number of hydrogen-bond donors (Lipinski definition) is 4. The summed E-state index contributed by atoms with van der Waals surface area (Å²) in [6.45, 7) is 2.98. The molecule has 0 radical (unpaired) electrons. The average molecular weight is 282 g/mol. The minimum absolute atomic E-state index is 0.180. The van der Waals surface area contributed by atoms with Crippen molar-refractivity contribution >= 4 is 11.5 Å². The molecule has 1 fully saturated rings. The highest BCUT2D eigenvalue weighted by Gasteiger charge is 2.23. The standard InChI is InChI=1S/C13H22N4O3/c1-2-5-17-11(14)10(12(19)16-13(17)20)15-7-8-3-4-9(18)6-8/h8-9,15,18H,2-7,14H2,1H3,(H,16,19,20). The highest BCUT2D eigenvalue weighted by atomic mass is 16.3. The topological polar surface area (TPSA) is 113 Å². The predicted molar refractivity (Wildman–Crippen MR) is 77.9 cm³/mol. The molecule has 2 rings (SSSR count). The van der Waals surface area contributed by atoms with E-state index in [4.69, 9.17) is 5.73 Å². The Morgan fingerprint density at radius 3 is 2.80 bits per heavy atom. The number of aromatic amines is 1. The third-order valence-corrected chi connectivity index (χ3v) is 3.77. The highest BCUT2D eigenvalue weighted by Crippen LogP contribution is 2.25. The van der Waals surface area contributed by atoms with E-state index in [0.717, 1.165) is 25.7 Å². The van der Waals surface area contributed by atoms with E-state index < -0.39 is 11.2 Å². The lowest BCUT2D eigenvalue weighted by Crippen LogP contribution is -2.34. The number of nitrogen functional groups attached to an aromatic ring is 1. The van der Waals surface area contributed by atoms with Gasteiger partial charge in [-0.1, -0.05) is 6.92 Å². The van der Waals surface area contributed by atoms with Crippen LogP contribution in [0.2, 0.25) is 0 Å². The zero-order valence-corrected chi connectivity index (χ0v) is 11.7. The van der Waals surface area contributed by atoms with E-state index in [1.165, 1.54) is 4.57 Å². The fourth-order valence-electron chi connectivity index (χ4n) is 2.68. The molecule has 0 aromatic carbocycles. The Balaban J connectivity index is 2.16. The number of aliphatic hydroxyl groups excluding tert-OH is 1. The Bertz CT molecular complexity index is 578. The van der Waals surface area contributed by atoms with Crippen molar-refractivity contribution in [2.24, 2.45) is 5.92 Å². The van der Waals surface area contributed by atoms with Crippen LogP contribution in [0.25, 0.3) is 0 Å². The van der Waals surface area contributed by atoms with Crippen LogP contribution in [-0.2, 0) is 6.54 Å². The normalized spacial score (nSPS) is 22.1. The van der Waals surface area contributed by atoms with E-state index >= 15 is 0 Å². The van der Waals surface area contributed by atoms with Crippen molar-refractivity contribution < 1.29 is 5.11 Å². The van der Waals surface area contributed by atoms with Gasteiger partial charge in [-0.05, 0) is 31.6 Å². The van der Waals surface area contributed by atoms with Gasteiger partial charge in [0.05, 0.1) is 6.10 Å². The Morgan fingerprint density at radius 1 is 1.45 bits per heavy atom. The molecule has 0 spiro atoms. The summed E-state index contributed by atoms with van der Waals surface area (Å²) < 4.78 is 1.37. The highest BCUT2D eigenvalue weighted by molar-refractivity contribution is 5.60. The van der Waals surface area contributed by atoms with Gasteiger partial charge in [-0.2, -0.15) is 0 Å². The van der Waals surface area contributed by atoms with Crippen molar-refractivity contribution in [3.05, 3.63) is 20.8 Å². The van der Waals surface area contributed by atoms with Gasteiger partial charge < -0.3 is 16.2 Å². The summed E-state index contributed by atoms with van der Waals surface area (Å²) in [6, 6.07) is 0. The minimum atomic E-state index is -0.488. The summed E-state index contributed by atoms with van der Waals surface area (Å²) in [7, 11) is 0. The molecule has 2 unspecified atom stereocenters. The SMILES string of the molecule is CCCn1c(N)c(NCC2CCC(O)C2)c(=O)[nH]c1=O. The summed E-state index contributed by atoms with van der Waals surface area (Å²) in [5, 5.41) is 12.5. The van der Waals surface area contributed by atoms with Crippen molar-refractivity contribution in [2.45, 2.75) is 45.3 Å². The molecule has 1 aliphatic rings. The molecular formula is C13H22N4O3. The molecule has 5 N–H and O–H groups in total. The maximum Gasteiger partial charge on any atom is 0.330 e. The van der Waals surface area contributed by atoms with Gasteiger partial charge in [0.1, 0.15) is 11.5 Å². The lowest BCUT2D eigenvalue weighted by Gasteiger charge is -2.15. The first-order chi connectivity index (χ1) is 9.52. The van der Waals surface area contributed by atoms with Gasteiger partial charge in [-0.3, -0.25) is 14.3 Å². The number of nitrogens with one attached hydrogen (secondary N) is 2. The number of nitrogens with two attached hydrogens (primary N) is 1. The molecule has 0 aliphatic heterocycles. The van der Waals surface area contributed by atoms with Gasteiger partial charge in [-0.25, -0.2) is 4.79 Å². The molecular weight excluding hydrogens is 260 g/mol. The Morgan fingerprint density at radius 2 is 2.20 bits per heavy atom. The van der Waals surface area contributed by atoms with Gasteiger partial charge in [0.2, 0.25) is 0 Å². The molecule has 1 saturated carbocycles. The lowest BCUT2D eigenvalue weighted by atomic mass is 10.1. The van der Waals surface area contributed by atoms with E-state index in [0.29, 0.717) is 19.0 Å². The molecule has 20 heavy (non-hydrogen) atoms. The molecule has 1 aromatic heterocycles. The summed E-state index contributed by atoms with van der Waals surface area (Å²) in [5.41, 5.74) is 5.20. The number of aromatic nitrogens is 2. The number of rotatable bonds is 5. The van der Waals surface area contributed by atoms with Crippen LogP contribution in [0, 0.1) is 5.92 Å². The summed E-state index contributed by atoms with van der Waals surface area (Å²) >= 11 is 0. The number of hydrogen-bond acceptors (Lipinski definition) is 5. The van der Waals surface area contributed by atoms with Crippen molar-refractivity contribution in [2.75, 3.05) is 17.6 Å². The minimum Gasteiger partial charge on any atom is -0.393 e. The quantitative estimate of drug-likeness (QED) is 0.612. The van der Waals surface area contributed by atoms with Crippen LogP contribution in [0.15, 0.2) is 9.59 Å². The summed E-state index contributed by atoms with van der Waals surface area (Å²) in [5.74, 6) is 0.509. The van der Waals surface area contributed by atoms with Crippen LogP contribution in [-0.4, -0.2) is 27.3 Å². The number of aliphatic hydroxyl groups is 1. The molecule has 0 amide bonds. The van der Waals surface area contributed by atoms with E-state index in [-0.39, 0.29) is 17.6 Å². The maximum absolute atomic E-state index is 11.8. The predicted octanol–water partition coefficient (Wildman–Crippen LogP) is 0.102. The second-order valence-corrected chi connectivity index (χ2v) is 5.38. The first-order valence-electron chi connectivity index (χ1n) is 7.07. The van der Waals surface area contributed by atoms with Gasteiger partial charge in [0.25, 0.3) is 5.56 Å². The third kappa shape index (κ3) is 3.04. The Labute approximate surface area is 116 Å². The molecule has 1 aliphatic carbocycles. The second-order valence-electron chi connectivity index (χ2n) is 5.38. The van der Waals surface area contributed by atoms with Crippen LogP contribution >= 0.6 is 0 Å². The van der Waals surface area contributed by atoms with Gasteiger partial charge in [-0.15, -0.1) is 0 Å². The van der Waals surface area contributed by atoms with Gasteiger partial charge in [0.15, 0.2) is 0 Å². The van der Waals surface area contributed by atoms with Crippen molar-refractivity contribution in [3.63, 3.8) is 0 Å². The largest absolute Gasteiger partial charge is 0.393 e. The van der Waals surface area contributed by atoms with Crippen LogP contribution in [0.3, 0.4) is 0 Å². The molecule has 7 heteroatoms. The second kappa shape index (κ2) is 6.13. The Kier molecular flexibility index (Phi) is 4.49. The maximum atomic E-state index is 11.8. The van der Waals surface area contributed by atoms with Crippen molar-refractivity contribution in [1.82, 2.24) is 9.55 Å². The lowest BCUT2D eigenvalue weighted by molar-refractivity contribution is 0.178. The van der Waals surface area contributed by atoms with Crippen LogP contribution in [0.4, 0.5) is 11.5 Å². The fourth-order valence-corrected chi connectivity index (χ4v) is 2.68. The van der Waals surface area contributed by atoms with Crippen LogP contribution < -0.4 is 22.3 Å². The number of nitrogens with zero attached hydrogens (tertiary/aromatic N) is 1. The van der Waals surface area contributed by atoms with Gasteiger partial charge >= 0.3 is 5.69 Å². The molecule has 1 aromatic rings. The Hall–Kier alpha value is -1.76. The molecule has 0 saturated heterocycles. The van der Waals surface area contributed by atoms with E-state index in [1.807, 2.05) is 6.92 Å². The molecule has 0 bridgehead atoms. The molecule has 2 atom stereocenters. The van der Waals surface area contributed by atoms with E-state index in [2.05, 4.69) is 10.3 Å². The van der Waals surface area contributed by atoms with E-state index in [9.17, 15) is 14.7 Å². The smallest absolute Gasteiger partial charge is 0.330 e. The third-order valence-electron chi connectivity index (χ3n) is 3.77. The molecule has 112 valence electrons. The fraction of sp³-hybridized carbons (Fsp3) is 0.692. The van der Waals surface area contributed by atoms with Crippen molar-refractivity contribution in [1.29, 1.82) is 0 Å². The van der Waals surface area contributed by atoms with Crippen LogP contribution in [0.5, 0.6) is 0 Å². The number of anilines is 2. The van der Waals surface area contributed by atoms with E-state index in [1.54, 1.807) is 0 Å².